The molecule has 1 aromatic carbocycles. The second kappa shape index (κ2) is 7.53. The smallest absolute Gasteiger partial charge is 0.247 e. The number of hydrogen-bond donors (Lipinski definition) is 0. The highest BCUT2D eigenvalue weighted by atomic mass is 32.9. The van der Waals surface area contributed by atoms with Crippen molar-refractivity contribution in [1.29, 1.82) is 0 Å². The maximum absolute atomic E-state index is 5.62. The average Bonchev–Trinajstić information content (AvgIpc) is 2.46. The third-order valence-electron chi connectivity index (χ3n) is 2.60. The van der Waals surface area contributed by atoms with Crippen molar-refractivity contribution in [3.8, 4) is 0 Å². The van der Waals surface area contributed by atoms with E-state index in [1.807, 2.05) is 38.1 Å². The molecule has 0 saturated carbocycles. The van der Waals surface area contributed by atoms with Crippen LogP contribution < -0.4 is 0 Å². The normalized spacial score (nSPS) is 11.9. The Hall–Kier alpha value is -0.450. The summed E-state index contributed by atoms with van der Waals surface area (Å²) in [5.41, 5.74) is -0.227. The fraction of sp³-hybridized carbons (Fsp3) is 0.357. The van der Waals surface area contributed by atoms with E-state index in [2.05, 4.69) is 17.1 Å². The highest BCUT2D eigenvalue weighted by molar-refractivity contribution is 8.67. The molecule has 1 heterocycles. The lowest BCUT2D eigenvalue weighted by Gasteiger charge is -2.19. The van der Waals surface area contributed by atoms with E-state index in [1.165, 1.54) is 0 Å². The maximum Gasteiger partial charge on any atom is 0.247 e. The molecule has 6 heteroatoms. The van der Waals surface area contributed by atoms with E-state index in [9.17, 15) is 0 Å². The van der Waals surface area contributed by atoms with Crippen molar-refractivity contribution in [1.82, 2.24) is 4.98 Å². The van der Waals surface area contributed by atoms with Crippen LogP contribution in [0, 0.1) is 0 Å². The van der Waals surface area contributed by atoms with E-state index in [0.717, 1.165) is 16.6 Å². The van der Waals surface area contributed by atoms with Crippen LogP contribution in [0.25, 0.3) is 10.9 Å². The minimum atomic E-state index is -2.24. The van der Waals surface area contributed by atoms with Crippen LogP contribution in [0.1, 0.15) is 19.5 Å². The first-order valence-electron chi connectivity index (χ1n) is 6.55. The van der Waals surface area contributed by atoms with Gasteiger partial charge in [-0.05, 0) is 37.8 Å². The van der Waals surface area contributed by atoms with Gasteiger partial charge in [-0.25, -0.2) is 0 Å². The third-order valence-corrected chi connectivity index (χ3v) is 8.04. The minimum absolute atomic E-state index is 0.579. The van der Waals surface area contributed by atoms with E-state index < -0.39 is 5.69 Å². The molecule has 0 spiro atoms. The van der Waals surface area contributed by atoms with Crippen LogP contribution in [0.5, 0.6) is 0 Å². The molecule has 3 nitrogen and oxygen atoms in total. The quantitative estimate of drug-likeness (QED) is 0.684. The number of para-hydroxylation sites is 1. The zero-order valence-electron chi connectivity index (χ0n) is 11.6. The summed E-state index contributed by atoms with van der Waals surface area (Å²) in [5, 5.41) is 1.15. The average molecular weight is 327 g/mol. The summed E-state index contributed by atoms with van der Waals surface area (Å²) in [6.45, 7) is 5.04. The van der Waals surface area contributed by atoms with Crippen molar-refractivity contribution in [2.75, 3.05) is 13.2 Å². The van der Waals surface area contributed by atoms with E-state index in [1.54, 1.807) is 11.4 Å². The zero-order valence-corrected chi connectivity index (χ0v) is 14.1. The van der Waals surface area contributed by atoms with Crippen LogP contribution in [0.3, 0.4) is 0 Å². The molecule has 0 amide bonds. The van der Waals surface area contributed by atoms with Gasteiger partial charge in [0.25, 0.3) is 0 Å². The molecular formula is C14H18NO2PS2. The number of benzene rings is 1. The lowest BCUT2D eigenvalue weighted by atomic mass is 10.2. The zero-order chi connectivity index (χ0) is 14.4. The largest absolute Gasteiger partial charge is 0.322 e. The first-order chi connectivity index (χ1) is 9.67. The van der Waals surface area contributed by atoms with Crippen molar-refractivity contribution >= 4 is 39.8 Å². The second-order valence-corrected chi connectivity index (χ2v) is 10.4. The van der Waals surface area contributed by atoms with E-state index in [-0.39, 0.29) is 0 Å². The SMILES string of the molecule is CCOP(=S)(OCC)SCc1ccc2ccccc2n1. The van der Waals surface area contributed by atoms with E-state index in [0.29, 0.717) is 19.0 Å². The van der Waals surface area contributed by atoms with Crippen LogP contribution in [0.4, 0.5) is 0 Å². The molecule has 0 unspecified atom stereocenters. The van der Waals surface area contributed by atoms with Crippen LogP contribution in [-0.4, -0.2) is 18.2 Å². The topological polar surface area (TPSA) is 31.4 Å². The number of pyridine rings is 1. The Morgan fingerprint density at radius 2 is 1.80 bits per heavy atom. The summed E-state index contributed by atoms with van der Waals surface area (Å²) >= 11 is 7.05. The predicted molar refractivity (Wildman–Crippen MR) is 90.6 cm³/mol. The molecule has 2 aromatic rings. The summed E-state index contributed by atoms with van der Waals surface area (Å²) in [7, 11) is 0. The molecule has 0 fully saturated rings. The minimum Gasteiger partial charge on any atom is -0.322 e. The number of nitrogens with zero attached hydrogens (tertiary/aromatic N) is 1. The molecule has 0 saturated heterocycles. The van der Waals surface area contributed by atoms with Crippen LogP contribution in [-0.2, 0) is 26.6 Å². The van der Waals surface area contributed by atoms with E-state index >= 15 is 0 Å². The van der Waals surface area contributed by atoms with Gasteiger partial charge in [-0.2, -0.15) is 0 Å². The van der Waals surface area contributed by atoms with Gasteiger partial charge in [0.05, 0.1) is 24.4 Å². The molecule has 0 aliphatic carbocycles. The number of hydrogen-bond acceptors (Lipinski definition) is 5. The first kappa shape index (κ1) is 15.9. The predicted octanol–water partition coefficient (Wildman–Crippen LogP) is 4.77. The summed E-state index contributed by atoms with van der Waals surface area (Å²) < 4.78 is 11.2. The summed E-state index contributed by atoms with van der Waals surface area (Å²) in [6.07, 6.45) is 0. The van der Waals surface area contributed by atoms with Crippen molar-refractivity contribution in [3.05, 3.63) is 42.1 Å². The molecule has 0 bridgehead atoms. The molecular weight excluding hydrogens is 309 g/mol. The Morgan fingerprint density at radius 1 is 1.10 bits per heavy atom. The van der Waals surface area contributed by atoms with Crippen LogP contribution >= 0.6 is 17.1 Å². The summed E-state index contributed by atoms with van der Waals surface area (Å²) in [4.78, 5) is 4.64. The highest BCUT2D eigenvalue weighted by Crippen LogP contribution is 2.61. The lowest BCUT2D eigenvalue weighted by Crippen LogP contribution is -1.94. The fourth-order valence-corrected chi connectivity index (χ4v) is 6.13. The Labute approximate surface area is 129 Å². The van der Waals surface area contributed by atoms with Gasteiger partial charge < -0.3 is 9.05 Å². The van der Waals surface area contributed by atoms with Crippen molar-refractivity contribution < 1.29 is 9.05 Å². The summed E-state index contributed by atoms with van der Waals surface area (Å²) in [6, 6.07) is 12.2. The fourth-order valence-electron chi connectivity index (χ4n) is 1.76. The van der Waals surface area contributed by atoms with Gasteiger partial charge in [0, 0.05) is 11.1 Å². The van der Waals surface area contributed by atoms with Crippen LogP contribution in [0.2, 0.25) is 0 Å². The summed E-state index contributed by atoms with van der Waals surface area (Å²) in [5.74, 6) is 0.710. The molecule has 0 N–H and O–H groups in total. The van der Waals surface area contributed by atoms with Crippen molar-refractivity contribution in [2.24, 2.45) is 0 Å². The molecule has 0 radical (unpaired) electrons. The molecule has 108 valence electrons. The van der Waals surface area contributed by atoms with Gasteiger partial charge in [0.2, 0.25) is 5.69 Å². The maximum atomic E-state index is 5.62. The molecule has 1 aromatic heterocycles. The Balaban J connectivity index is 2.09. The Bertz CT molecular complexity index is 611. The van der Waals surface area contributed by atoms with Gasteiger partial charge in [0.1, 0.15) is 0 Å². The molecule has 0 aliphatic rings. The first-order valence-corrected chi connectivity index (χ1v) is 10.8. The van der Waals surface area contributed by atoms with Gasteiger partial charge in [-0.1, -0.05) is 35.6 Å². The Morgan fingerprint density at radius 3 is 2.50 bits per heavy atom. The Kier molecular flexibility index (Phi) is 6.00. The van der Waals surface area contributed by atoms with E-state index in [4.69, 9.17) is 20.9 Å². The molecule has 0 aliphatic heterocycles. The van der Waals surface area contributed by atoms with Crippen LogP contribution in [0.15, 0.2) is 36.4 Å². The number of fused-ring (bicyclic) bond motifs is 1. The van der Waals surface area contributed by atoms with Crippen molar-refractivity contribution in [2.45, 2.75) is 19.6 Å². The molecule has 0 atom stereocenters. The highest BCUT2D eigenvalue weighted by Gasteiger charge is 2.19. The molecule has 20 heavy (non-hydrogen) atoms. The number of rotatable bonds is 7. The second-order valence-electron chi connectivity index (χ2n) is 4.05. The standard InChI is InChI=1S/C14H18NO2PS2/c1-3-16-18(19,17-4-2)20-11-13-10-9-12-7-5-6-8-14(12)15-13/h5-10H,3-4,11H2,1-2H3. The third kappa shape index (κ3) is 4.27. The van der Waals surface area contributed by atoms with Gasteiger partial charge in [0.15, 0.2) is 0 Å². The lowest BCUT2D eigenvalue weighted by molar-refractivity contribution is 0.280. The van der Waals surface area contributed by atoms with Crippen molar-refractivity contribution in [3.63, 3.8) is 0 Å². The van der Waals surface area contributed by atoms with Gasteiger partial charge in [-0.15, -0.1) is 0 Å². The van der Waals surface area contributed by atoms with Gasteiger partial charge >= 0.3 is 0 Å². The molecule has 2 rings (SSSR count). The number of aromatic nitrogens is 1. The monoisotopic (exact) mass is 327 g/mol. The van der Waals surface area contributed by atoms with Gasteiger partial charge in [-0.3, -0.25) is 4.98 Å².